The number of ether oxygens (including phenoxy) is 1. The standard InChI is InChI=1S/C18H22O2/c1-13(9-15-7-5-4-6-8-15)17-10-14(2)18(20-3)11-16(17)12-19/h4-8,10-11,13,19H,9,12H2,1-3H3. The predicted molar refractivity (Wildman–Crippen MR) is 82.2 cm³/mol. The molecule has 0 aromatic heterocycles. The molecule has 0 saturated heterocycles. The predicted octanol–water partition coefficient (Wildman–Crippen LogP) is 3.84. The van der Waals surface area contributed by atoms with E-state index in [1.807, 2.05) is 19.1 Å². The lowest BCUT2D eigenvalue weighted by atomic mass is 9.89. The summed E-state index contributed by atoms with van der Waals surface area (Å²) in [6, 6.07) is 14.5. The van der Waals surface area contributed by atoms with Crippen LogP contribution in [0.1, 0.15) is 35.1 Å². The van der Waals surface area contributed by atoms with E-state index < -0.39 is 0 Å². The van der Waals surface area contributed by atoms with Crippen LogP contribution >= 0.6 is 0 Å². The number of aryl methyl sites for hydroxylation is 1. The molecule has 0 radical (unpaired) electrons. The Hall–Kier alpha value is -1.80. The second kappa shape index (κ2) is 6.58. The van der Waals surface area contributed by atoms with Gasteiger partial charge in [-0.05, 0) is 47.6 Å². The molecule has 0 aliphatic carbocycles. The van der Waals surface area contributed by atoms with E-state index in [1.54, 1.807) is 7.11 Å². The molecule has 0 spiro atoms. The van der Waals surface area contributed by atoms with Crippen molar-refractivity contribution in [1.82, 2.24) is 0 Å². The molecule has 0 fully saturated rings. The molecule has 0 saturated carbocycles. The summed E-state index contributed by atoms with van der Waals surface area (Å²) in [5.74, 6) is 1.20. The third-order valence-corrected chi connectivity index (χ3v) is 3.74. The van der Waals surface area contributed by atoms with Gasteiger partial charge in [-0.2, -0.15) is 0 Å². The average molecular weight is 270 g/mol. The second-order valence-electron chi connectivity index (χ2n) is 5.27. The number of hydrogen-bond acceptors (Lipinski definition) is 2. The normalized spacial score (nSPS) is 12.2. The topological polar surface area (TPSA) is 29.5 Å². The Bertz CT molecular complexity index is 561. The first kappa shape index (κ1) is 14.6. The van der Waals surface area contributed by atoms with Gasteiger partial charge in [-0.15, -0.1) is 0 Å². The van der Waals surface area contributed by atoms with Crippen molar-refractivity contribution < 1.29 is 9.84 Å². The Morgan fingerprint density at radius 1 is 1.15 bits per heavy atom. The van der Waals surface area contributed by atoms with Crippen LogP contribution < -0.4 is 4.74 Å². The Kier molecular flexibility index (Phi) is 4.80. The molecule has 1 atom stereocenters. The van der Waals surface area contributed by atoms with Gasteiger partial charge in [-0.3, -0.25) is 0 Å². The highest BCUT2D eigenvalue weighted by Crippen LogP contribution is 2.30. The van der Waals surface area contributed by atoms with E-state index in [1.165, 1.54) is 11.1 Å². The van der Waals surface area contributed by atoms with Gasteiger partial charge in [-0.25, -0.2) is 0 Å². The zero-order chi connectivity index (χ0) is 14.5. The maximum absolute atomic E-state index is 9.59. The maximum Gasteiger partial charge on any atom is 0.122 e. The van der Waals surface area contributed by atoms with Crippen LogP contribution in [0.2, 0.25) is 0 Å². The summed E-state index contributed by atoms with van der Waals surface area (Å²) in [6.45, 7) is 4.29. The zero-order valence-corrected chi connectivity index (χ0v) is 12.4. The molecule has 0 aliphatic heterocycles. The van der Waals surface area contributed by atoms with E-state index in [2.05, 4.69) is 37.3 Å². The molecule has 2 heteroatoms. The lowest BCUT2D eigenvalue weighted by molar-refractivity contribution is 0.279. The summed E-state index contributed by atoms with van der Waals surface area (Å²) < 4.78 is 5.33. The molecule has 0 bridgehead atoms. The molecule has 20 heavy (non-hydrogen) atoms. The van der Waals surface area contributed by atoms with E-state index in [9.17, 15) is 5.11 Å². The summed E-state index contributed by atoms with van der Waals surface area (Å²) >= 11 is 0. The van der Waals surface area contributed by atoms with Crippen molar-refractivity contribution in [3.05, 3.63) is 64.7 Å². The maximum atomic E-state index is 9.59. The summed E-state index contributed by atoms with van der Waals surface area (Å²) in [7, 11) is 1.66. The van der Waals surface area contributed by atoms with Crippen LogP contribution in [0.3, 0.4) is 0 Å². The van der Waals surface area contributed by atoms with E-state index in [4.69, 9.17) is 4.74 Å². The highest BCUT2D eigenvalue weighted by atomic mass is 16.5. The smallest absolute Gasteiger partial charge is 0.122 e. The van der Waals surface area contributed by atoms with Gasteiger partial charge in [0.15, 0.2) is 0 Å². The fourth-order valence-electron chi connectivity index (χ4n) is 2.65. The summed E-state index contributed by atoms with van der Waals surface area (Å²) in [5, 5.41) is 9.59. The van der Waals surface area contributed by atoms with Crippen molar-refractivity contribution >= 4 is 0 Å². The van der Waals surface area contributed by atoms with E-state index in [0.29, 0.717) is 5.92 Å². The van der Waals surface area contributed by atoms with Crippen molar-refractivity contribution in [3.63, 3.8) is 0 Å². The van der Waals surface area contributed by atoms with Crippen LogP contribution in [0.15, 0.2) is 42.5 Å². The SMILES string of the molecule is COc1cc(CO)c(C(C)Cc2ccccc2)cc1C. The van der Waals surface area contributed by atoms with Crippen molar-refractivity contribution in [1.29, 1.82) is 0 Å². The quantitative estimate of drug-likeness (QED) is 0.894. The van der Waals surface area contributed by atoms with Gasteiger partial charge < -0.3 is 9.84 Å². The van der Waals surface area contributed by atoms with Crippen molar-refractivity contribution in [2.45, 2.75) is 32.8 Å². The molecule has 106 valence electrons. The fraction of sp³-hybridized carbons (Fsp3) is 0.333. The van der Waals surface area contributed by atoms with Gasteiger partial charge in [-0.1, -0.05) is 43.3 Å². The van der Waals surface area contributed by atoms with Crippen molar-refractivity contribution in [3.8, 4) is 5.75 Å². The number of benzene rings is 2. The Morgan fingerprint density at radius 3 is 2.45 bits per heavy atom. The summed E-state index contributed by atoms with van der Waals surface area (Å²) in [4.78, 5) is 0. The zero-order valence-electron chi connectivity index (χ0n) is 12.4. The molecule has 2 nitrogen and oxygen atoms in total. The lowest BCUT2D eigenvalue weighted by Crippen LogP contribution is -2.04. The first-order valence-corrected chi connectivity index (χ1v) is 6.98. The molecule has 0 amide bonds. The van der Waals surface area contributed by atoms with Gasteiger partial charge >= 0.3 is 0 Å². The van der Waals surface area contributed by atoms with E-state index >= 15 is 0 Å². The fourth-order valence-corrected chi connectivity index (χ4v) is 2.65. The number of hydrogen-bond donors (Lipinski definition) is 1. The van der Waals surface area contributed by atoms with Gasteiger partial charge in [0.05, 0.1) is 13.7 Å². The van der Waals surface area contributed by atoms with Gasteiger partial charge in [0.1, 0.15) is 5.75 Å². The number of aliphatic hydroxyl groups is 1. The lowest BCUT2D eigenvalue weighted by Gasteiger charge is -2.18. The Balaban J connectivity index is 2.29. The molecule has 2 aromatic rings. The molecular weight excluding hydrogens is 248 g/mol. The summed E-state index contributed by atoms with van der Waals surface area (Å²) in [5.41, 5.74) is 4.59. The van der Waals surface area contributed by atoms with Gasteiger partial charge in [0.25, 0.3) is 0 Å². The Labute approximate surface area is 121 Å². The van der Waals surface area contributed by atoms with Gasteiger partial charge in [0.2, 0.25) is 0 Å². The minimum absolute atomic E-state index is 0.0467. The summed E-state index contributed by atoms with van der Waals surface area (Å²) in [6.07, 6.45) is 0.972. The molecule has 1 N–H and O–H groups in total. The van der Waals surface area contributed by atoms with Crippen LogP contribution in [-0.4, -0.2) is 12.2 Å². The van der Waals surface area contributed by atoms with Crippen LogP contribution in [0.5, 0.6) is 5.75 Å². The highest BCUT2D eigenvalue weighted by Gasteiger charge is 2.14. The van der Waals surface area contributed by atoms with Crippen LogP contribution in [0, 0.1) is 6.92 Å². The highest BCUT2D eigenvalue weighted by molar-refractivity contribution is 5.43. The molecular formula is C18H22O2. The minimum Gasteiger partial charge on any atom is -0.496 e. The van der Waals surface area contributed by atoms with Crippen LogP contribution in [-0.2, 0) is 13.0 Å². The minimum atomic E-state index is 0.0467. The number of methoxy groups -OCH3 is 1. The Morgan fingerprint density at radius 2 is 1.85 bits per heavy atom. The molecule has 0 heterocycles. The second-order valence-corrected chi connectivity index (χ2v) is 5.27. The molecule has 2 aromatic carbocycles. The largest absolute Gasteiger partial charge is 0.496 e. The monoisotopic (exact) mass is 270 g/mol. The van der Waals surface area contributed by atoms with Crippen molar-refractivity contribution in [2.75, 3.05) is 7.11 Å². The van der Waals surface area contributed by atoms with Crippen molar-refractivity contribution in [2.24, 2.45) is 0 Å². The molecule has 1 unspecified atom stereocenters. The first-order chi connectivity index (χ1) is 9.65. The molecule has 2 rings (SSSR count). The third-order valence-electron chi connectivity index (χ3n) is 3.74. The van der Waals surface area contributed by atoms with E-state index in [0.717, 1.165) is 23.3 Å². The van der Waals surface area contributed by atoms with Gasteiger partial charge in [0, 0.05) is 0 Å². The average Bonchev–Trinajstić information content (AvgIpc) is 2.48. The number of rotatable bonds is 5. The van der Waals surface area contributed by atoms with Crippen LogP contribution in [0.25, 0.3) is 0 Å². The number of aliphatic hydroxyl groups excluding tert-OH is 1. The van der Waals surface area contributed by atoms with Crippen LogP contribution in [0.4, 0.5) is 0 Å². The third kappa shape index (κ3) is 3.20. The first-order valence-electron chi connectivity index (χ1n) is 6.98. The molecule has 0 aliphatic rings. The van der Waals surface area contributed by atoms with E-state index in [-0.39, 0.29) is 6.61 Å².